The number of nitrogens with one attached hydrogen (secondary N) is 2. The molecule has 4 N–H and O–H groups in total. The smallest absolute Gasteiger partial charge is 0.244 e. The lowest BCUT2D eigenvalue weighted by Gasteiger charge is -2.50. The van der Waals surface area contributed by atoms with Crippen LogP contribution in [-0.4, -0.2) is 37.5 Å². The molecule has 4 aliphatic heterocycles. The van der Waals surface area contributed by atoms with Crippen LogP contribution in [0, 0.1) is 5.92 Å². The summed E-state index contributed by atoms with van der Waals surface area (Å²) in [6.45, 7) is 2.28. The zero-order valence-electron chi connectivity index (χ0n) is 12.1. The molecule has 116 valence electrons. The van der Waals surface area contributed by atoms with Gasteiger partial charge in [-0.15, -0.1) is 5.75 Å². The van der Waals surface area contributed by atoms with Crippen LogP contribution in [0.3, 0.4) is 0 Å². The minimum atomic E-state index is -0.571. The third kappa shape index (κ3) is 1.91. The quantitative estimate of drug-likeness (QED) is 0.697. The lowest BCUT2D eigenvalue weighted by molar-refractivity contribution is -0.955. The average molecular weight is 294 g/mol. The Bertz CT molecular complexity index is 518. The molecule has 6 heteroatoms. The first-order valence-electron chi connectivity index (χ1n) is 7.35. The minimum absolute atomic E-state index is 0. The van der Waals surface area contributed by atoms with Gasteiger partial charge in [0.1, 0.15) is 6.04 Å². The highest BCUT2D eigenvalue weighted by Gasteiger charge is 2.66. The SMILES string of the molecule is COC12ONC(c3ccccc3[O-])C1[NH+]1CCC2CC1.O. The van der Waals surface area contributed by atoms with E-state index in [2.05, 4.69) is 5.48 Å². The third-order valence-electron chi connectivity index (χ3n) is 5.32. The predicted molar refractivity (Wildman–Crippen MR) is 73.4 cm³/mol. The molecule has 0 spiro atoms. The van der Waals surface area contributed by atoms with Crippen molar-refractivity contribution in [1.29, 1.82) is 0 Å². The van der Waals surface area contributed by atoms with E-state index in [1.807, 2.05) is 12.1 Å². The first-order chi connectivity index (χ1) is 9.76. The molecule has 1 aromatic rings. The summed E-state index contributed by atoms with van der Waals surface area (Å²) >= 11 is 0. The van der Waals surface area contributed by atoms with Crippen LogP contribution in [0.25, 0.3) is 0 Å². The Labute approximate surface area is 123 Å². The highest BCUT2D eigenvalue weighted by Crippen LogP contribution is 2.44. The molecule has 4 aliphatic rings. The molecule has 3 unspecified atom stereocenters. The number of hydroxylamine groups is 1. The summed E-state index contributed by atoms with van der Waals surface area (Å²) in [6, 6.07) is 7.30. The Balaban J connectivity index is 0.00000132. The monoisotopic (exact) mass is 294 g/mol. The summed E-state index contributed by atoms with van der Waals surface area (Å²) < 4.78 is 5.82. The van der Waals surface area contributed by atoms with E-state index in [9.17, 15) is 5.11 Å². The standard InChI is InChI=1S/C15H20N2O3.H2O/c1-19-15-10-6-8-17(9-7-10)14(15)13(16-20-15)11-4-2-3-5-12(11)18;/h2-5,10,13-14,16,18H,6-9H2,1H3;1H2. The van der Waals surface area contributed by atoms with Gasteiger partial charge < -0.3 is 20.2 Å². The van der Waals surface area contributed by atoms with E-state index in [1.54, 1.807) is 19.2 Å². The van der Waals surface area contributed by atoms with E-state index in [0.717, 1.165) is 31.5 Å². The van der Waals surface area contributed by atoms with E-state index >= 15 is 0 Å². The molecular weight excluding hydrogens is 272 g/mol. The number of benzene rings is 1. The summed E-state index contributed by atoms with van der Waals surface area (Å²) in [5.74, 6) is -0.0763. The van der Waals surface area contributed by atoms with Gasteiger partial charge in [-0.25, -0.2) is 0 Å². The Morgan fingerprint density at radius 3 is 2.71 bits per heavy atom. The minimum Gasteiger partial charge on any atom is -0.872 e. The number of hydrogen-bond acceptors (Lipinski definition) is 4. The van der Waals surface area contributed by atoms with Gasteiger partial charge >= 0.3 is 0 Å². The molecule has 0 amide bonds. The lowest BCUT2D eigenvalue weighted by atomic mass is 9.74. The van der Waals surface area contributed by atoms with Crippen molar-refractivity contribution in [2.45, 2.75) is 30.7 Å². The van der Waals surface area contributed by atoms with Crippen molar-refractivity contribution >= 4 is 0 Å². The second-order valence-corrected chi connectivity index (χ2v) is 6.07. The van der Waals surface area contributed by atoms with Gasteiger partial charge in [-0.2, -0.15) is 5.48 Å². The second kappa shape index (κ2) is 5.23. The maximum atomic E-state index is 12.1. The van der Waals surface area contributed by atoms with Gasteiger partial charge in [-0.05, 0) is 5.56 Å². The Morgan fingerprint density at radius 1 is 1.33 bits per heavy atom. The third-order valence-corrected chi connectivity index (χ3v) is 5.32. The molecule has 4 fully saturated rings. The predicted octanol–water partition coefficient (Wildman–Crippen LogP) is -1.47. The number of rotatable bonds is 2. The molecule has 0 aliphatic carbocycles. The fraction of sp³-hybridized carbons (Fsp3) is 0.600. The Hall–Kier alpha value is -1.18. The first-order valence-corrected chi connectivity index (χ1v) is 7.35. The van der Waals surface area contributed by atoms with E-state index in [-0.39, 0.29) is 23.3 Å². The van der Waals surface area contributed by atoms with Crippen LogP contribution in [0.1, 0.15) is 24.4 Å². The normalized spacial score (nSPS) is 40.6. The molecular formula is C15H22N2O4. The van der Waals surface area contributed by atoms with Crippen LogP contribution in [0.4, 0.5) is 0 Å². The molecule has 3 atom stereocenters. The van der Waals surface area contributed by atoms with Crippen LogP contribution in [-0.2, 0) is 9.57 Å². The molecule has 4 heterocycles. The topological polar surface area (TPSA) is 89.5 Å². The van der Waals surface area contributed by atoms with Crippen molar-refractivity contribution in [1.82, 2.24) is 5.48 Å². The summed E-state index contributed by atoms with van der Waals surface area (Å²) in [7, 11) is 1.72. The Kier molecular flexibility index (Phi) is 3.67. The largest absolute Gasteiger partial charge is 0.872 e. The van der Waals surface area contributed by atoms with Gasteiger partial charge in [0.15, 0.2) is 6.04 Å². The van der Waals surface area contributed by atoms with Crippen molar-refractivity contribution in [3.8, 4) is 5.75 Å². The molecule has 6 nitrogen and oxygen atoms in total. The van der Waals surface area contributed by atoms with Crippen LogP contribution >= 0.6 is 0 Å². The van der Waals surface area contributed by atoms with Crippen LogP contribution < -0.4 is 15.5 Å². The number of hydrogen-bond donors (Lipinski definition) is 2. The zero-order valence-corrected chi connectivity index (χ0v) is 12.1. The van der Waals surface area contributed by atoms with Crippen molar-refractivity contribution in [3.63, 3.8) is 0 Å². The molecule has 5 rings (SSSR count). The van der Waals surface area contributed by atoms with Crippen molar-refractivity contribution in [2.24, 2.45) is 5.92 Å². The first kappa shape index (κ1) is 14.7. The number of fused-ring (bicyclic) bond motifs is 2. The number of ether oxygens (including phenoxy) is 1. The van der Waals surface area contributed by atoms with Gasteiger partial charge in [0.05, 0.1) is 13.1 Å². The zero-order chi connectivity index (χ0) is 13.7. The number of piperidine rings is 3. The Morgan fingerprint density at radius 2 is 2.05 bits per heavy atom. The molecule has 0 aromatic heterocycles. The summed E-state index contributed by atoms with van der Waals surface area (Å²) in [5, 5.41) is 12.1. The van der Waals surface area contributed by atoms with Crippen molar-refractivity contribution in [3.05, 3.63) is 29.8 Å². The maximum Gasteiger partial charge on any atom is 0.244 e. The van der Waals surface area contributed by atoms with E-state index in [4.69, 9.17) is 9.57 Å². The van der Waals surface area contributed by atoms with Gasteiger partial charge in [-0.1, -0.05) is 24.3 Å². The molecule has 2 bridgehead atoms. The highest BCUT2D eigenvalue weighted by molar-refractivity contribution is 5.35. The van der Waals surface area contributed by atoms with Gasteiger partial charge in [0.2, 0.25) is 5.79 Å². The van der Waals surface area contributed by atoms with Gasteiger partial charge in [-0.3, -0.25) is 4.84 Å². The second-order valence-electron chi connectivity index (χ2n) is 6.07. The van der Waals surface area contributed by atoms with Gasteiger partial charge in [0.25, 0.3) is 0 Å². The fourth-order valence-electron chi connectivity index (χ4n) is 4.39. The summed E-state index contributed by atoms with van der Waals surface area (Å²) in [4.78, 5) is 7.41. The van der Waals surface area contributed by atoms with Crippen LogP contribution in [0.2, 0.25) is 0 Å². The molecule has 4 saturated heterocycles. The van der Waals surface area contributed by atoms with Crippen LogP contribution in [0.5, 0.6) is 5.75 Å². The van der Waals surface area contributed by atoms with E-state index in [0.29, 0.717) is 5.92 Å². The van der Waals surface area contributed by atoms with E-state index < -0.39 is 5.79 Å². The summed E-state index contributed by atoms with van der Waals surface area (Å²) in [6.07, 6.45) is 2.26. The van der Waals surface area contributed by atoms with E-state index in [1.165, 1.54) is 4.90 Å². The maximum absolute atomic E-state index is 12.1. The van der Waals surface area contributed by atoms with Crippen molar-refractivity contribution in [2.75, 3.05) is 20.2 Å². The molecule has 1 aromatic carbocycles. The van der Waals surface area contributed by atoms with Gasteiger partial charge in [0, 0.05) is 25.9 Å². The lowest BCUT2D eigenvalue weighted by Crippen LogP contribution is -3.21. The van der Waals surface area contributed by atoms with Crippen molar-refractivity contribution < 1.29 is 25.1 Å². The summed E-state index contributed by atoms with van der Waals surface area (Å²) in [5.41, 5.74) is 3.89. The average Bonchev–Trinajstić information content (AvgIpc) is 2.92. The number of methoxy groups -OCH3 is 1. The molecule has 0 saturated carbocycles. The van der Waals surface area contributed by atoms with Crippen LogP contribution in [0.15, 0.2) is 24.3 Å². The molecule has 21 heavy (non-hydrogen) atoms. The fourth-order valence-corrected chi connectivity index (χ4v) is 4.39. The number of quaternary nitrogens is 1. The highest BCUT2D eigenvalue weighted by atomic mass is 16.8. The number of para-hydroxylation sites is 1. The molecule has 0 radical (unpaired) electrons.